The highest BCUT2D eigenvalue weighted by atomic mass is 35.5. The number of benzene rings is 1. The highest BCUT2D eigenvalue weighted by molar-refractivity contribution is 6.18. The SMILES string of the molecule is ONCCCc1ccc(N(CCCl)CCCl)cc1. The lowest BCUT2D eigenvalue weighted by Crippen LogP contribution is -2.27. The lowest BCUT2D eigenvalue weighted by molar-refractivity contribution is 0.166. The molecule has 1 aromatic rings. The molecule has 0 heterocycles. The van der Waals surface area contributed by atoms with E-state index < -0.39 is 0 Å². The first-order valence-corrected chi connectivity index (χ1v) is 7.21. The zero-order chi connectivity index (χ0) is 13.2. The Morgan fingerprint density at radius 3 is 2.17 bits per heavy atom. The molecule has 102 valence electrons. The van der Waals surface area contributed by atoms with Gasteiger partial charge in [-0.2, -0.15) is 0 Å². The maximum atomic E-state index is 8.50. The predicted molar refractivity (Wildman–Crippen MR) is 78.2 cm³/mol. The quantitative estimate of drug-likeness (QED) is 0.417. The summed E-state index contributed by atoms with van der Waals surface area (Å²) in [4.78, 5) is 2.18. The van der Waals surface area contributed by atoms with E-state index in [0.29, 0.717) is 18.3 Å². The van der Waals surface area contributed by atoms with E-state index in [9.17, 15) is 0 Å². The molecular weight excluding hydrogens is 271 g/mol. The van der Waals surface area contributed by atoms with Crippen LogP contribution in [0.4, 0.5) is 5.69 Å². The van der Waals surface area contributed by atoms with Gasteiger partial charge in [-0.05, 0) is 30.5 Å². The first kappa shape index (κ1) is 15.6. The van der Waals surface area contributed by atoms with Gasteiger partial charge in [-0.25, -0.2) is 5.48 Å². The third-order valence-corrected chi connectivity index (χ3v) is 3.10. The molecule has 3 nitrogen and oxygen atoms in total. The topological polar surface area (TPSA) is 35.5 Å². The van der Waals surface area contributed by atoms with Crippen molar-refractivity contribution in [3.63, 3.8) is 0 Å². The first-order valence-electron chi connectivity index (χ1n) is 6.14. The molecular formula is C13H20Cl2N2O. The second-order valence-corrected chi connectivity index (χ2v) is 4.80. The number of halogens is 2. The van der Waals surface area contributed by atoms with Crippen LogP contribution in [0.2, 0.25) is 0 Å². The average molecular weight is 291 g/mol. The van der Waals surface area contributed by atoms with E-state index in [1.807, 2.05) is 0 Å². The minimum Gasteiger partial charge on any atom is -0.369 e. The molecule has 0 radical (unpaired) electrons. The summed E-state index contributed by atoms with van der Waals surface area (Å²) in [6, 6.07) is 8.42. The number of nitrogens with one attached hydrogen (secondary N) is 1. The normalized spacial score (nSPS) is 10.6. The number of aryl methyl sites for hydroxylation is 1. The Balaban J connectivity index is 2.56. The van der Waals surface area contributed by atoms with E-state index in [-0.39, 0.29) is 0 Å². The molecule has 0 atom stereocenters. The largest absolute Gasteiger partial charge is 0.369 e. The van der Waals surface area contributed by atoms with Crippen molar-refractivity contribution in [3.05, 3.63) is 29.8 Å². The van der Waals surface area contributed by atoms with Crippen LogP contribution in [0, 0.1) is 0 Å². The van der Waals surface area contributed by atoms with Crippen LogP contribution in [0.15, 0.2) is 24.3 Å². The van der Waals surface area contributed by atoms with Gasteiger partial charge in [0.1, 0.15) is 0 Å². The van der Waals surface area contributed by atoms with Crippen molar-refractivity contribution in [3.8, 4) is 0 Å². The summed E-state index contributed by atoms with van der Waals surface area (Å²) in [6.45, 7) is 2.23. The van der Waals surface area contributed by atoms with E-state index >= 15 is 0 Å². The number of hydrogen-bond donors (Lipinski definition) is 2. The van der Waals surface area contributed by atoms with E-state index in [2.05, 4.69) is 34.6 Å². The Morgan fingerprint density at radius 2 is 1.67 bits per heavy atom. The molecule has 0 saturated carbocycles. The number of rotatable bonds is 9. The Morgan fingerprint density at radius 1 is 1.06 bits per heavy atom. The van der Waals surface area contributed by atoms with Crippen molar-refractivity contribution >= 4 is 28.9 Å². The Kier molecular flexibility index (Phi) is 8.18. The number of alkyl halides is 2. The van der Waals surface area contributed by atoms with Crippen molar-refractivity contribution in [2.75, 3.05) is 36.3 Å². The van der Waals surface area contributed by atoms with Crippen LogP contribution >= 0.6 is 23.2 Å². The maximum absolute atomic E-state index is 8.50. The summed E-state index contributed by atoms with van der Waals surface area (Å²) in [6.07, 6.45) is 1.88. The lowest BCUT2D eigenvalue weighted by Gasteiger charge is -2.23. The Labute approximate surface area is 119 Å². The molecule has 5 heteroatoms. The van der Waals surface area contributed by atoms with Crippen LogP contribution in [0.1, 0.15) is 12.0 Å². The second-order valence-electron chi connectivity index (χ2n) is 4.04. The van der Waals surface area contributed by atoms with E-state index in [1.54, 1.807) is 0 Å². The number of hydrogen-bond acceptors (Lipinski definition) is 3. The predicted octanol–water partition coefficient (Wildman–Crippen LogP) is 2.88. The van der Waals surface area contributed by atoms with Crippen molar-refractivity contribution in [2.24, 2.45) is 0 Å². The van der Waals surface area contributed by atoms with Gasteiger partial charge >= 0.3 is 0 Å². The molecule has 18 heavy (non-hydrogen) atoms. The number of anilines is 1. The molecule has 0 bridgehead atoms. The van der Waals surface area contributed by atoms with E-state index in [4.69, 9.17) is 28.4 Å². The fraction of sp³-hybridized carbons (Fsp3) is 0.538. The Hall–Kier alpha value is -0.480. The Bertz CT molecular complexity index is 313. The molecule has 0 saturated heterocycles. The van der Waals surface area contributed by atoms with Crippen molar-refractivity contribution < 1.29 is 5.21 Å². The third kappa shape index (κ3) is 5.44. The average Bonchev–Trinajstić information content (AvgIpc) is 2.40. The molecule has 0 amide bonds. The summed E-state index contributed by atoms with van der Waals surface area (Å²) >= 11 is 11.6. The molecule has 0 aliphatic carbocycles. The second kappa shape index (κ2) is 9.45. The van der Waals surface area contributed by atoms with Gasteiger partial charge in [-0.3, -0.25) is 0 Å². The highest BCUT2D eigenvalue weighted by Crippen LogP contribution is 2.16. The molecule has 2 N–H and O–H groups in total. The van der Waals surface area contributed by atoms with Crippen LogP contribution in [-0.2, 0) is 6.42 Å². The fourth-order valence-corrected chi connectivity index (χ4v) is 2.23. The van der Waals surface area contributed by atoms with Gasteiger partial charge in [0, 0.05) is 37.1 Å². The summed E-state index contributed by atoms with van der Waals surface area (Å²) in [5.41, 5.74) is 4.59. The lowest BCUT2D eigenvalue weighted by atomic mass is 10.1. The molecule has 1 aromatic carbocycles. The van der Waals surface area contributed by atoms with Gasteiger partial charge in [0.2, 0.25) is 0 Å². The van der Waals surface area contributed by atoms with Gasteiger partial charge in [0.05, 0.1) is 0 Å². The standard InChI is InChI=1S/C13H20Cl2N2O/c14-7-10-17(11-8-15)13-5-3-12(4-6-13)2-1-9-16-18/h3-6,16,18H,1-2,7-11H2. The van der Waals surface area contributed by atoms with Gasteiger partial charge in [-0.1, -0.05) is 12.1 Å². The van der Waals surface area contributed by atoms with Gasteiger partial charge in [-0.15, -0.1) is 23.2 Å². The summed E-state index contributed by atoms with van der Waals surface area (Å²) < 4.78 is 0. The van der Waals surface area contributed by atoms with Crippen LogP contribution in [0.5, 0.6) is 0 Å². The molecule has 1 rings (SSSR count). The monoisotopic (exact) mass is 290 g/mol. The van der Waals surface area contributed by atoms with Crippen LogP contribution < -0.4 is 10.4 Å². The summed E-state index contributed by atoms with van der Waals surface area (Å²) in [5.74, 6) is 1.20. The van der Waals surface area contributed by atoms with Crippen molar-refractivity contribution in [1.82, 2.24) is 5.48 Å². The highest BCUT2D eigenvalue weighted by Gasteiger charge is 2.04. The van der Waals surface area contributed by atoms with Crippen LogP contribution in [0.25, 0.3) is 0 Å². The minimum absolute atomic E-state index is 0.598. The summed E-state index contributed by atoms with van der Waals surface area (Å²) in [5, 5.41) is 8.50. The van der Waals surface area contributed by atoms with Gasteiger partial charge < -0.3 is 10.1 Å². The van der Waals surface area contributed by atoms with E-state index in [1.165, 1.54) is 5.56 Å². The van der Waals surface area contributed by atoms with Crippen LogP contribution in [0.3, 0.4) is 0 Å². The molecule has 0 spiro atoms. The van der Waals surface area contributed by atoms with Crippen LogP contribution in [-0.4, -0.2) is 36.6 Å². The third-order valence-electron chi connectivity index (χ3n) is 2.76. The molecule has 0 aliphatic heterocycles. The first-order chi connectivity index (χ1) is 8.81. The van der Waals surface area contributed by atoms with Crippen molar-refractivity contribution in [2.45, 2.75) is 12.8 Å². The molecule has 0 aromatic heterocycles. The maximum Gasteiger partial charge on any atom is 0.0399 e. The molecule has 0 unspecified atom stereocenters. The number of hydroxylamine groups is 1. The smallest absolute Gasteiger partial charge is 0.0399 e. The number of nitrogens with zero attached hydrogens (tertiary/aromatic N) is 1. The summed E-state index contributed by atoms with van der Waals surface area (Å²) in [7, 11) is 0. The zero-order valence-electron chi connectivity index (χ0n) is 10.4. The molecule has 0 aliphatic rings. The van der Waals surface area contributed by atoms with Gasteiger partial charge in [0.25, 0.3) is 0 Å². The van der Waals surface area contributed by atoms with E-state index in [0.717, 1.165) is 31.6 Å². The zero-order valence-corrected chi connectivity index (χ0v) is 11.9. The van der Waals surface area contributed by atoms with Crippen molar-refractivity contribution in [1.29, 1.82) is 0 Å². The molecule has 0 fully saturated rings. The van der Waals surface area contributed by atoms with Gasteiger partial charge in [0.15, 0.2) is 0 Å². The fourth-order valence-electron chi connectivity index (χ4n) is 1.82. The minimum atomic E-state index is 0.598.